The lowest BCUT2D eigenvalue weighted by Crippen LogP contribution is -2.38. The van der Waals surface area contributed by atoms with E-state index in [0.29, 0.717) is 17.5 Å². The number of benzene rings is 1. The first-order valence-electron chi connectivity index (χ1n) is 8.92. The lowest BCUT2D eigenvalue weighted by atomic mass is 10.0. The number of carbonyl (C=O) groups excluding carboxylic acids is 1. The minimum absolute atomic E-state index is 0.0176. The Morgan fingerprint density at radius 2 is 2.04 bits per heavy atom. The summed E-state index contributed by atoms with van der Waals surface area (Å²) in [4.78, 5) is 20.8. The maximum atomic E-state index is 12.4. The van der Waals surface area contributed by atoms with Crippen LogP contribution in [0.1, 0.15) is 30.0 Å². The van der Waals surface area contributed by atoms with Gasteiger partial charge in [0.15, 0.2) is 0 Å². The van der Waals surface area contributed by atoms with Crippen molar-refractivity contribution in [2.24, 2.45) is 5.92 Å². The minimum atomic E-state index is -0.180. The van der Waals surface area contributed by atoms with E-state index in [1.807, 2.05) is 47.2 Å². The van der Waals surface area contributed by atoms with Crippen LogP contribution in [0.5, 0.6) is 0 Å². The molecule has 138 valence electrons. The van der Waals surface area contributed by atoms with Crippen LogP contribution in [0.3, 0.4) is 0 Å². The van der Waals surface area contributed by atoms with Crippen molar-refractivity contribution >= 4 is 17.6 Å². The summed E-state index contributed by atoms with van der Waals surface area (Å²) in [5.41, 5.74) is 2.02. The summed E-state index contributed by atoms with van der Waals surface area (Å²) in [7, 11) is 0. The highest BCUT2D eigenvalue weighted by Crippen LogP contribution is 2.41. The quantitative estimate of drug-likeness (QED) is 0.680. The summed E-state index contributed by atoms with van der Waals surface area (Å²) >= 11 is 5.97. The normalized spacial score (nSPS) is 14.6. The SMILES string of the molecule is O=C(NCc1ccc(-n2ccnc2)nc1)NC(c1ccc(Cl)cc1)C1CC1. The largest absolute Gasteiger partial charge is 0.334 e. The van der Waals surface area contributed by atoms with E-state index in [0.717, 1.165) is 29.8 Å². The van der Waals surface area contributed by atoms with E-state index >= 15 is 0 Å². The summed E-state index contributed by atoms with van der Waals surface area (Å²) in [6.45, 7) is 0.418. The fourth-order valence-electron chi connectivity index (χ4n) is 3.02. The number of amides is 2. The molecule has 7 heteroatoms. The van der Waals surface area contributed by atoms with Crippen molar-refractivity contribution in [1.82, 2.24) is 25.2 Å². The number of nitrogens with one attached hydrogen (secondary N) is 2. The molecule has 2 heterocycles. The first kappa shape index (κ1) is 17.5. The number of hydrogen-bond acceptors (Lipinski definition) is 3. The highest BCUT2D eigenvalue weighted by atomic mass is 35.5. The molecule has 1 fully saturated rings. The predicted octanol–water partition coefficient (Wildman–Crippen LogP) is 3.87. The molecule has 0 aliphatic heterocycles. The van der Waals surface area contributed by atoms with E-state index in [4.69, 9.17) is 11.6 Å². The summed E-state index contributed by atoms with van der Waals surface area (Å²) in [5.74, 6) is 1.28. The van der Waals surface area contributed by atoms with Crippen molar-refractivity contribution in [3.63, 3.8) is 0 Å². The third-order valence-electron chi connectivity index (χ3n) is 4.64. The van der Waals surface area contributed by atoms with Crippen molar-refractivity contribution in [2.75, 3.05) is 0 Å². The van der Waals surface area contributed by atoms with Crippen LogP contribution in [-0.2, 0) is 6.54 Å². The molecule has 3 aromatic rings. The predicted molar refractivity (Wildman–Crippen MR) is 104 cm³/mol. The molecule has 1 unspecified atom stereocenters. The second-order valence-corrected chi connectivity index (χ2v) is 7.12. The second kappa shape index (κ2) is 7.80. The number of imidazole rings is 1. The Labute approximate surface area is 162 Å². The molecule has 0 radical (unpaired) electrons. The van der Waals surface area contributed by atoms with Gasteiger partial charge in [0.05, 0.1) is 6.04 Å². The zero-order valence-corrected chi connectivity index (χ0v) is 15.4. The van der Waals surface area contributed by atoms with Crippen LogP contribution in [0.4, 0.5) is 4.79 Å². The number of hydrogen-bond donors (Lipinski definition) is 2. The molecule has 0 saturated heterocycles. The molecule has 0 spiro atoms. The van der Waals surface area contributed by atoms with E-state index in [9.17, 15) is 4.79 Å². The molecule has 2 aromatic heterocycles. The van der Waals surface area contributed by atoms with Crippen LogP contribution >= 0.6 is 11.6 Å². The smallest absolute Gasteiger partial charge is 0.315 e. The number of rotatable bonds is 6. The van der Waals surface area contributed by atoms with Crippen LogP contribution < -0.4 is 10.6 Å². The van der Waals surface area contributed by atoms with Gasteiger partial charge >= 0.3 is 6.03 Å². The molecule has 1 aromatic carbocycles. The first-order valence-corrected chi connectivity index (χ1v) is 9.30. The molecule has 1 saturated carbocycles. The van der Waals surface area contributed by atoms with E-state index in [1.54, 1.807) is 18.7 Å². The zero-order valence-electron chi connectivity index (χ0n) is 14.7. The van der Waals surface area contributed by atoms with Gasteiger partial charge in [-0.05, 0) is 48.1 Å². The minimum Gasteiger partial charge on any atom is -0.334 e. The summed E-state index contributed by atoms with van der Waals surface area (Å²) < 4.78 is 1.83. The van der Waals surface area contributed by atoms with E-state index in [2.05, 4.69) is 20.6 Å². The topological polar surface area (TPSA) is 71.8 Å². The van der Waals surface area contributed by atoms with E-state index in [-0.39, 0.29) is 12.1 Å². The molecule has 1 aliphatic carbocycles. The second-order valence-electron chi connectivity index (χ2n) is 6.69. The molecule has 2 N–H and O–H groups in total. The van der Waals surface area contributed by atoms with Crippen molar-refractivity contribution < 1.29 is 4.79 Å². The Hall–Kier alpha value is -2.86. The van der Waals surface area contributed by atoms with E-state index < -0.39 is 0 Å². The van der Waals surface area contributed by atoms with Gasteiger partial charge in [-0.3, -0.25) is 4.57 Å². The molecule has 2 amide bonds. The summed E-state index contributed by atoms with van der Waals surface area (Å²) in [5, 5.41) is 6.70. The number of aromatic nitrogens is 3. The maximum absolute atomic E-state index is 12.4. The molecule has 0 bridgehead atoms. The van der Waals surface area contributed by atoms with Crippen LogP contribution in [0, 0.1) is 5.92 Å². The molecule has 1 aliphatic rings. The molecule has 1 atom stereocenters. The molecule has 4 rings (SSSR count). The van der Waals surface area contributed by atoms with Crippen molar-refractivity contribution in [3.8, 4) is 5.82 Å². The van der Waals surface area contributed by atoms with Crippen molar-refractivity contribution in [3.05, 3.63) is 77.5 Å². The van der Waals surface area contributed by atoms with Gasteiger partial charge in [-0.15, -0.1) is 0 Å². The Morgan fingerprint density at radius 3 is 2.67 bits per heavy atom. The Morgan fingerprint density at radius 1 is 1.22 bits per heavy atom. The lowest BCUT2D eigenvalue weighted by molar-refractivity contribution is 0.235. The van der Waals surface area contributed by atoms with Crippen LogP contribution in [0.2, 0.25) is 5.02 Å². The molecular weight excluding hydrogens is 362 g/mol. The van der Waals surface area contributed by atoms with Crippen LogP contribution in [0.25, 0.3) is 5.82 Å². The number of nitrogens with zero attached hydrogens (tertiary/aromatic N) is 3. The van der Waals surface area contributed by atoms with Gasteiger partial charge in [0.1, 0.15) is 12.1 Å². The summed E-state index contributed by atoms with van der Waals surface area (Å²) in [6.07, 6.45) is 9.26. The molecule has 6 nitrogen and oxygen atoms in total. The van der Waals surface area contributed by atoms with Crippen LogP contribution in [0.15, 0.2) is 61.3 Å². The lowest BCUT2D eigenvalue weighted by Gasteiger charge is -2.19. The average molecular weight is 382 g/mol. The third-order valence-corrected chi connectivity index (χ3v) is 4.89. The standard InChI is InChI=1S/C20H20ClN5O/c21-17-6-4-16(5-7-17)19(15-2-3-15)25-20(27)24-12-14-1-8-18(23-11-14)26-10-9-22-13-26/h1,4-11,13,15,19H,2-3,12H2,(H2,24,25,27). The van der Waals surface area contributed by atoms with Gasteiger partial charge in [0.25, 0.3) is 0 Å². The summed E-state index contributed by atoms with van der Waals surface area (Å²) in [6, 6.07) is 11.4. The molecule has 27 heavy (non-hydrogen) atoms. The van der Waals surface area contributed by atoms with Gasteiger partial charge in [0.2, 0.25) is 0 Å². The number of urea groups is 1. The van der Waals surface area contributed by atoms with Gasteiger partial charge in [-0.2, -0.15) is 0 Å². The Balaban J connectivity index is 1.34. The number of halogens is 1. The van der Waals surface area contributed by atoms with Gasteiger partial charge in [-0.1, -0.05) is 29.8 Å². The first-order chi connectivity index (χ1) is 13.2. The van der Waals surface area contributed by atoms with Crippen molar-refractivity contribution in [2.45, 2.75) is 25.4 Å². The average Bonchev–Trinajstić information content (AvgIpc) is 3.39. The maximum Gasteiger partial charge on any atom is 0.315 e. The zero-order chi connectivity index (χ0) is 18.6. The van der Waals surface area contributed by atoms with Crippen molar-refractivity contribution in [1.29, 1.82) is 0 Å². The van der Waals surface area contributed by atoms with E-state index in [1.165, 1.54) is 0 Å². The Bertz CT molecular complexity index is 889. The number of carbonyl (C=O) groups is 1. The fourth-order valence-corrected chi connectivity index (χ4v) is 3.14. The monoisotopic (exact) mass is 381 g/mol. The molecular formula is C20H20ClN5O. The fraction of sp³-hybridized carbons (Fsp3) is 0.250. The third kappa shape index (κ3) is 4.46. The van der Waals surface area contributed by atoms with Gasteiger partial charge in [0, 0.05) is 30.2 Å². The van der Waals surface area contributed by atoms with Gasteiger partial charge < -0.3 is 10.6 Å². The van der Waals surface area contributed by atoms with Crippen LogP contribution in [-0.4, -0.2) is 20.6 Å². The highest BCUT2D eigenvalue weighted by Gasteiger charge is 2.33. The van der Waals surface area contributed by atoms with Gasteiger partial charge in [-0.25, -0.2) is 14.8 Å². The Kier molecular flexibility index (Phi) is 5.07. The highest BCUT2D eigenvalue weighted by molar-refractivity contribution is 6.30. The number of pyridine rings is 1.